The normalized spacial score (nSPS) is 10.6. The third-order valence-corrected chi connectivity index (χ3v) is 5.04. The van der Waals surface area contributed by atoms with Crippen molar-refractivity contribution in [2.45, 2.75) is 0 Å². The Balaban J connectivity index is 1.49. The van der Waals surface area contributed by atoms with Crippen molar-refractivity contribution in [3.63, 3.8) is 0 Å². The molecule has 28 heavy (non-hydrogen) atoms. The van der Waals surface area contributed by atoms with Crippen molar-refractivity contribution >= 4 is 22.9 Å². The highest BCUT2D eigenvalue weighted by Crippen LogP contribution is 2.29. The number of hydrogen-bond donors (Lipinski definition) is 1. The van der Waals surface area contributed by atoms with E-state index in [1.807, 2.05) is 47.8 Å². The average molecular weight is 392 g/mol. The summed E-state index contributed by atoms with van der Waals surface area (Å²) in [7, 11) is 0. The number of halogens is 2. The third kappa shape index (κ3) is 3.82. The maximum absolute atomic E-state index is 13.3. The Kier molecular flexibility index (Phi) is 4.95. The van der Waals surface area contributed by atoms with E-state index in [1.54, 1.807) is 23.5 Å². The summed E-state index contributed by atoms with van der Waals surface area (Å²) in [5, 5.41) is 5.59. The van der Waals surface area contributed by atoms with E-state index in [9.17, 15) is 13.6 Å². The van der Waals surface area contributed by atoms with Crippen LogP contribution in [0.5, 0.6) is 0 Å². The fraction of sp³-hybridized carbons (Fsp3) is 0. The van der Waals surface area contributed by atoms with Crippen LogP contribution in [0.1, 0.15) is 10.4 Å². The van der Waals surface area contributed by atoms with Gasteiger partial charge < -0.3 is 5.32 Å². The van der Waals surface area contributed by atoms with Crippen LogP contribution in [0.3, 0.4) is 0 Å². The lowest BCUT2D eigenvalue weighted by Crippen LogP contribution is -2.12. The Labute approximate surface area is 164 Å². The lowest BCUT2D eigenvalue weighted by atomic mass is 10.1. The summed E-state index contributed by atoms with van der Waals surface area (Å²) < 4.78 is 26.3. The molecule has 0 aliphatic carbocycles. The summed E-state index contributed by atoms with van der Waals surface area (Å²) in [6, 6.07) is 20.2. The number of nitrogens with zero attached hydrogens (tertiary/aromatic N) is 1. The van der Waals surface area contributed by atoms with Gasteiger partial charge in [0.15, 0.2) is 11.6 Å². The first-order valence-electron chi connectivity index (χ1n) is 8.48. The number of carbonyl (C=O) groups is 1. The van der Waals surface area contributed by atoms with Crippen molar-refractivity contribution in [1.82, 2.24) is 4.98 Å². The van der Waals surface area contributed by atoms with E-state index in [0.717, 1.165) is 34.0 Å². The van der Waals surface area contributed by atoms with Crippen LogP contribution in [-0.4, -0.2) is 10.9 Å². The Morgan fingerprint density at radius 1 is 0.857 bits per heavy atom. The smallest absolute Gasteiger partial charge is 0.255 e. The molecule has 4 rings (SSSR count). The molecule has 0 unspecified atom stereocenters. The average Bonchev–Trinajstić information content (AvgIpc) is 3.21. The van der Waals surface area contributed by atoms with Gasteiger partial charge in [-0.15, -0.1) is 11.3 Å². The molecule has 0 radical (unpaired) electrons. The van der Waals surface area contributed by atoms with Crippen molar-refractivity contribution in [2.24, 2.45) is 0 Å². The van der Waals surface area contributed by atoms with Crippen LogP contribution in [0.2, 0.25) is 0 Å². The monoisotopic (exact) mass is 392 g/mol. The zero-order valence-corrected chi connectivity index (χ0v) is 15.3. The highest BCUT2D eigenvalue weighted by atomic mass is 32.1. The summed E-state index contributed by atoms with van der Waals surface area (Å²) in [6.45, 7) is 0. The molecule has 1 N–H and O–H groups in total. The van der Waals surface area contributed by atoms with Crippen LogP contribution >= 0.6 is 11.3 Å². The van der Waals surface area contributed by atoms with E-state index in [0.29, 0.717) is 5.69 Å². The topological polar surface area (TPSA) is 42.0 Å². The largest absolute Gasteiger partial charge is 0.322 e. The summed E-state index contributed by atoms with van der Waals surface area (Å²) in [5.41, 5.74) is 3.44. The molecule has 0 saturated carbocycles. The lowest BCUT2D eigenvalue weighted by Gasteiger charge is -2.06. The second kappa shape index (κ2) is 7.70. The van der Waals surface area contributed by atoms with Crippen LogP contribution in [0.4, 0.5) is 14.5 Å². The van der Waals surface area contributed by atoms with Crippen molar-refractivity contribution < 1.29 is 13.6 Å². The summed E-state index contributed by atoms with van der Waals surface area (Å²) >= 11 is 1.57. The van der Waals surface area contributed by atoms with Gasteiger partial charge >= 0.3 is 0 Å². The number of thiazole rings is 1. The number of carbonyl (C=O) groups excluding carboxylic acids is 1. The number of amides is 1. The minimum atomic E-state index is -1.05. The molecule has 4 aromatic rings. The first-order chi connectivity index (χ1) is 13.6. The van der Waals surface area contributed by atoms with Crippen LogP contribution in [0, 0.1) is 11.6 Å². The number of anilines is 1. The number of rotatable bonds is 4. The third-order valence-electron chi connectivity index (χ3n) is 4.15. The molecule has 3 aromatic carbocycles. The standard InChI is InChI=1S/C22H14F2N2OS/c23-18-11-8-16(12-19(18)24)21(27)25-17-9-6-14(7-10-17)20-13-28-22(26-20)15-4-2-1-3-5-15/h1-13H,(H,25,27). The molecule has 0 atom stereocenters. The van der Waals surface area contributed by atoms with Gasteiger partial charge in [-0.25, -0.2) is 13.8 Å². The Hall–Kier alpha value is -3.38. The second-order valence-corrected chi connectivity index (χ2v) is 6.92. The number of nitrogens with one attached hydrogen (secondary N) is 1. The van der Waals surface area contributed by atoms with E-state index in [-0.39, 0.29) is 5.56 Å². The summed E-state index contributed by atoms with van der Waals surface area (Å²) in [5.74, 6) is -2.55. The van der Waals surface area contributed by atoms with E-state index >= 15 is 0 Å². The molecule has 0 fully saturated rings. The molecule has 0 aliphatic rings. The molecule has 1 aromatic heterocycles. The predicted octanol–water partition coefficient (Wildman–Crippen LogP) is 6.01. The number of benzene rings is 3. The fourth-order valence-corrected chi connectivity index (χ4v) is 3.52. The number of aromatic nitrogens is 1. The summed E-state index contributed by atoms with van der Waals surface area (Å²) in [4.78, 5) is 16.8. The molecular weight excluding hydrogens is 378 g/mol. The highest BCUT2D eigenvalue weighted by molar-refractivity contribution is 7.13. The molecule has 3 nitrogen and oxygen atoms in total. The maximum atomic E-state index is 13.3. The lowest BCUT2D eigenvalue weighted by molar-refractivity contribution is 0.102. The molecule has 0 bridgehead atoms. The van der Waals surface area contributed by atoms with Gasteiger partial charge in [0.2, 0.25) is 0 Å². The van der Waals surface area contributed by atoms with Gasteiger partial charge in [0.05, 0.1) is 5.69 Å². The van der Waals surface area contributed by atoms with Crippen LogP contribution in [0.15, 0.2) is 78.2 Å². The predicted molar refractivity (Wildman–Crippen MR) is 107 cm³/mol. The Morgan fingerprint density at radius 2 is 1.61 bits per heavy atom. The van der Waals surface area contributed by atoms with Crippen LogP contribution in [0.25, 0.3) is 21.8 Å². The van der Waals surface area contributed by atoms with Crippen molar-refractivity contribution in [1.29, 1.82) is 0 Å². The fourth-order valence-electron chi connectivity index (χ4n) is 2.68. The van der Waals surface area contributed by atoms with Crippen molar-refractivity contribution in [3.8, 4) is 21.8 Å². The SMILES string of the molecule is O=C(Nc1ccc(-c2csc(-c3ccccc3)n2)cc1)c1ccc(F)c(F)c1. The van der Waals surface area contributed by atoms with Gasteiger partial charge in [-0.2, -0.15) is 0 Å². The van der Waals surface area contributed by atoms with E-state index in [4.69, 9.17) is 0 Å². The molecule has 1 amide bonds. The first-order valence-corrected chi connectivity index (χ1v) is 9.36. The first kappa shape index (κ1) is 18.0. The highest BCUT2D eigenvalue weighted by Gasteiger charge is 2.11. The van der Waals surface area contributed by atoms with E-state index in [1.165, 1.54) is 6.07 Å². The molecule has 138 valence electrons. The molecular formula is C22H14F2N2OS. The maximum Gasteiger partial charge on any atom is 0.255 e. The van der Waals surface area contributed by atoms with Gasteiger partial charge in [0.1, 0.15) is 5.01 Å². The minimum Gasteiger partial charge on any atom is -0.322 e. The number of hydrogen-bond acceptors (Lipinski definition) is 3. The van der Waals surface area contributed by atoms with E-state index < -0.39 is 17.5 Å². The zero-order valence-electron chi connectivity index (χ0n) is 14.5. The van der Waals surface area contributed by atoms with Gasteiger partial charge in [0, 0.05) is 27.8 Å². The molecule has 1 heterocycles. The summed E-state index contributed by atoms with van der Waals surface area (Å²) in [6.07, 6.45) is 0. The molecule has 0 aliphatic heterocycles. The molecule has 6 heteroatoms. The van der Waals surface area contributed by atoms with Gasteiger partial charge in [0.25, 0.3) is 5.91 Å². The van der Waals surface area contributed by atoms with Crippen LogP contribution in [-0.2, 0) is 0 Å². The zero-order chi connectivity index (χ0) is 19.5. The Bertz CT molecular complexity index is 1130. The van der Waals surface area contributed by atoms with Crippen LogP contribution < -0.4 is 5.32 Å². The van der Waals surface area contributed by atoms with Crippen molar-refractivity contribution in [3.05, 3.63) is 95.4 Å². The quantitative estimate of drug-likeness (QED) is 0.462. The van der Waals surface area contributed by atoms with E-state index in [2.05, 4.69) is 10.3 Å². The Morgan fingerprint density at radius 3 is 2.32 bits per heavy atom. The van der Waals surface area contributed by atoms with Gasteiger partial charge in [-0.3, -0.25) is 4.79 Å². The molecule has 0 spiro atoms. The second-order valence-electron chi connectivity index (χ2n) is 6.06. The van der Waals surface area contributed by atoms with Crippen molar-refractivity contribution in [2.75, 3.05) is 5.32 Å². The van der Waals surface area contributed by atoms with Gasteiger partial charge in [-0.05, 0) is 30.3 Å². The minimum absolute atomic E-state index is 0.0509. The molecule has 0 saturated heterocycles. The van der Waals surface area contributed by atoms with Gasteiger partial charge in [-0.1, -0.05) is 42.5 Å².